The summed E-state index contributed by atoms with van der Waals surface area (Å²) >= 11 is 0. The van der Waals surface area contributed by atoms with Crippen molar-refractivity contribution in [2.45, 2.75) is 57.8 Å². The minimum atomic E-state index is 0.424. The van der Waals surface area contributed by atoms with Gasteiger partial charge in [0, 0.05) is 31.9 Å². The molecule has 96 valence electrons. The Kier molecular flexibility index (Phi) is 4.18. The van der Waals surface area contributed by atoms with Crippen LogP contribution in [0.5, 0.6) is 0 Å². The molecular formula is C13H23N3O. The molecule has 1 aromatic rings. The molecule has 2 unspecified atom stereocenters. The van der Waals surface area contributed by atoms with Crippen molar-refractivity contribution in [3.63, 3.8) is 0 Å². The Morgan fingerprint density at radius 3 is 3.00 bits per heavy atom. The van der Waals surface area contributed by atoms with Gasteiger partial charge in [-0.25, -0.2) is 4.98 Å². The number of methoxy groups -OCH3 is 1. The SMILES string of the molecule is COC1CCC(n2cncc2CNC(C)C)C1. The van der Waals surface area contributed by atoms with E-state index in [0.717, 1.165) is 19.4 Å². The third kappa shape index (κ3) is 3.07. The normalized spacial score (nSPS) is 24.7. The minimum Gasteiger partial charge on any atom is -0.381 e. The number of nitrogens with zero attached hydrogens (tertiary/aromatic N) is 2. The molecule has 0 aliphatic heterocycles. The third-order valence-corrected chi connectivity index (χ3v) is 3.52. The van der Waals surface area contributed by atoms with E-state index in [1.54, 1.807) is 0 Å². The second-order valence-corrected chi connectivity index (χ2v) is 5.15. The molecule has 0 saturated heterocycles. The lowest BCUT2D eigenvalue weighted by Crippen LogP contribution is -2.24. The van der Waals surface area contributed by atoms with Crippen molar-refractivity contribution in [3.05, 3.63) is 18.2 Å². The van der Waals surface area contributed by atoms with Crippen molar-refractivity contribution in [1.82, 2.24) is 14.9 Å². The first kappa shape index (κ1) is 12.6. The number of ether oxygens (including phenoxy) is 1. The summed E-state index contributed by atoms with van der Waals surface area (Å²) in [4.78, 5) is 4.28. The maximum Gasteiger partial charge on any atom is 0.0951 e. The number of rotatable bonds is 5. The van der Waals surface area contributed by atoms with E-state index < -0.39 is 0 Å². The molecule has 2 rings (SSSR count). The van der Waals surface area contributed by atoms with Gasteiger partial charge in [-0.2, -0.15) is 0 Å². The van der Waals surface area contributed by atoms with Gasteiger partial charge in [0.25, 0.3) is 0 Å². The van der Waals surface area contributed by atoms with E-state index >= 15 is 0 Å². The van der Waals surface area contributed by atoms with E-state index in [2.05, 4.69) is 28.7 Å². The summed E-state index contributed by atoms with van der Waals surface area (Å²) in [5.41, 5.74) is 1.28. The summed E-state index contributed by atoms with van der Waals surface area (Å²) in [6.07, 6.45) is 7.82. The second-order valence-electron chi connectivity index (χ2n) is 5.15. The van der Waals surface area contributed by atoms with E-state index in [-0.39, 0.29) is 0 Å². The molecule has 1 fully saturated rings. The fourth-order valence-electron chi connectivity index (χ4n) is 2.49. The van der Waals surface area contributed by atoms with Crippen LogP contribution in [0.15, 0.2) is 12.5 Å². The Hall–Kier alpha value is -0.870. The van der Waals surface area contributed by atoms with Crippen LogP contribution in [0.4, 0.5) is 0 Å². The summed E-state index contributed by atoms with van der Waals surface area (Å²) < 4.78 is 7.74. The fourth-order valence-corrected chi connectivity index (χ4v) is 2.49. The Morgan fingerprint density at radius 2 is 2.35 bits per heavy atom. The molecule has 0 radical (unpaired) electrons. The molecule has 0 spiro atoms. The monoisotopic (exact) mass is 237 g/mol. The number of imidazole rings is 1. The smallest absolute Gasteiger partial charge is 0.0951 e. The van der Waals surface area contributed by atoms with Crippen LogP contribution < -0.4 is 5.32 Å². The van der Waals surface area contributed by atoms with Crippen LogP contribution >= 0.6 is 0 Å². The zero-order chi connectivity index (χ0) is 12.3. The third-order valence-electron chi connectivity index (χ3n) is 3.52. The van der Waals surface area contributed by atoms with Crippen LogP contribution in [-0.2, 0) is 11.3 Å². The first-order valence-electron chi connectivity index (χ1n) is 6.47. The lowest BCUT2D eigenvalue weighted by molar-refractivity contribution is 0.105. The van der Waals surface area contributed by atoms with Gasteiger partial charge in [-0.3, -0.25) is 0 Å². The highest BCUT2D eigenvalue weighted by Gasteiger charge is 2.26. The largest absolute Gasteiger partial charge is 0.381 e. The van der Waals surface area contributed by atoms with Gasteiger partial charge in [0.05, 0.1) is 18.1 Å². The highest BCUT2D eigenvalue weighted by molar-refractivity contribution is 5.02. The fraction of sp³-hybridized carbons (Fsp3) is 0.769. The van der Waals surface area contributed by atoms with Crippen LogP contribution in [0, 0.1) is 0 Å². The molecule has 1 aliphatic carbocycles. The average Bonchev–Trinajstić information content (AvgIpc) is 2.94. The molecular weight excluding hydrogens is 214 g/mol. The maximum absolute atomic E-state index is 5.43. The Labute approximate surface area is 103 Å². The van der Waals surface area contributed by atoms with Crippen molar-refractivity contribution >= 4 is 0 Å². The first-order valence-corrected chi connectivity index (χ1v) is 6.47. The number of hydrogen-bond acceptors (Lipinski definition) is 3. The molecule has 1 N–H and O–H groups in total. The number of nitrogens with one attached hydrogen (secondary N) is 1. The average molecular weight is 237 g/mol. The van der Waals surface area contributed by atoms with E-state index in [4.69, 9.17) is 4.74 Å². The van der Waals surface area contributed by atoms with Gasteiger partial charge in [-0.15, -0.1) is 0 Å². The van der Waals surface area contributed by atoms with E-state index in [0.29, 0.717) is 18.2 Å². The van der Waals surface area contributed by atoms with E-state index in [9.17, 15) is 0 Å². The van der Waals surface area contributed by atoms with Gasteiger partial charge in [-0.05, 0) is 19.3 Å². The predicted molar refractivity (Wildman–Crippen MR) is 67.9 cm³/mol. The molecule has 1 heterocycles. The zero-order valence-corrected chi connectivity index (χ0v) is 11.0. The summed E-state index contributed by atoms with van der Waals surface area (Å²) in [6.45, 7) is 5.22. The quantitative estimate of drug-likeness (QED) is 0.852. The van der Waals surface area contributed by atoms with Crippen LogP contribution in [0.3, 0.4) is 0 Å². The van der Waals surface area contributed by atoms with Gasteiger partial charge in [-0.1, -0.05) is 13.8 Å². The topological polar surface area (TPSA) is 39.1 Å². The van der Waals surface area contributed by atoms with Gasteiger partial charge in [0.1, 0.15) is 0 Å². The van der Waals surface area contributed by atoms with Crippen LogP contribution in [0.2, 0.25) is 0 Å². The van der Waals surface area contributed by atoms with Crippen LogP contribution in [0.25, 0.3) is 0 Å². The molecule has 4 nitrogen and oxygen atoms in total. The van der Waals surface area contributed by atoms with E-state index in [1.165, 1.54) is 12.1 Å². The zero-order valence-electron chi connectivity index (χ0n) is 11.0. The summed E-state index contributed by atoms with van der Waals surface area (Å²) in [5.74, 6) is 0. The summed E-state index contributed by atoms with van der Waals surface area (Å²) in [5, 5.41) is 3.44. The van der Waals surface area contributed by atoms with Crippen LogP contribution in [0.1, 0.15) is 44.8 Å². The standard InChI is InChI=1S/C13H23N3O/c1-10(2)15-8-12-7-14-9-16(12)11-4-5-13(6-11)17-3/h7,9-11,13,15H,4-6,8H2,1-3H3. The van der Waals surface area contributed by atoms with Gasteiger partial charge >= 0.3 is 0 Å². The van der Waals surface area contributed by atoms with Crippen molar-refractivity contribution in [2.24, 2.45) is 0 Å². The van der Waals surface area contributed by atoms with Crippen molar-refractivity contribution in [3.8, 4) is 0 Å². The highest BCUT2D eigenvalue weighted by Crippen LogP contribution is 2.32. The minimum absolute atomic E-state index is 0.424. The first-order chi connectivity index (χ1) is 8.20. The molecule has 0 aromatic carbocycles. The Balaban J connectivity index is 1.99. The van der Waals surface area contributed by atoms with Crippen molar-refractivity contribution < 1.29 is 4.74 Å². The lowest BCUT2D eigenvalue weighted by Gasteiger charge is -2.17. The van der Waals surface area contributed by atoms with Gasteiger partial charge in [0.15, 0.2) is 0 Å². The molecule has 1 saturated carbocycles. The maximum atomic E-state index is 5.43. The molecule has 4 heteroatoms. The Bertz CT molecular complexity index is 348. The van der Waals surface area contributed by atoms with Crippen molar-refractivity contribution in [1.29, 1.82) is 0 Å². The van der Waals surface area contributed by atoms with Crippen LogP contribution in [-0.4, -0.2) is 28.8 Å². The van der Waals surface area contributed by atoms with Gasteiger partial charge in [0.2, 0.25) is 0 Å². The Morgan fingerprint density at radius 1 is 1.53 bits per heavy atom. The number of hydrogen-bond donors (Lipinski definition) is 1. The van der Waals surface area contributed by atoms with E-state index in [1.807, 2.05) is 19.6 Å². The molecule has 1 aliphatic rings. The summed E-state index contributed by atoms with van der Waals surface area (Å²) in [7, 11) is 1.81. The molecule has 0 bridgehead atoms. The molecule has 17 heavy (non-hydrogen) atoms. The van der Waals surface area contributed by atoms with Gasteiger partial charge < -0.3 is 14.6 Å². The molecule has 1 aromatic heterocycles. The predicted octanol–water partition coefficient (Wildman–Crippen LogP) is 2.12. The highest BCUT2D eigenvalue weighted by atomic mass is 16.5. The number of aromatic nitrogens is 2. The molecule has 2 atom stereocenters. The summed E-state index contributed by atoms with van der Waals surface area (Å²) in [6, 6.07) is 1.07. The lowest BCUT2D eigenvalue weighted by atomic mass is 10.2. The van der Waals surface area contributed by atoms with Crippen molar-refractivity contribution in [2.75, 3.05) is 7.11 Å². The molecule has 0 amide bonds. The second kappa shape index (κ2) is 5.65.